The first-order chi connectivity index (χ1) is 23.5. The molecule has 0 aromatic heterocycles. The minimum Gasteiger partial charge on any atom is -0.399 e. The predicted octanol–water partition coefficient (Wildman–Crippen LogP) is 3.26. The largest absolute Gasteiger partial charge is 0.399 e. The maximum atomic E-state index is 14.1. The second-order valence-corrected chi connectivity index (χ2v) is 17.4. The highest BCUT2D eigenvalue weighted by Gasteiger charge is 2.42. The van der Waals surface area contributed by atoms with Gasteiger partial charge in [0.05, 0.1) is 35.0 Å². The fraction of sp³-hybridized carbons (Fsp3) is 0.676. The van der Waals surface area contributed by atoms with E-state index in [4.69, 9.17) is 10.5 Å². The van der Waals surface area contributed by atoms with E-state index in [1.807, 2.05) is 67.5 Å². The lowest BCUT2D eigenvalue weighted by Crippen LogP contribution is -2.59. The minimum absolute atomic E-state index is 0.0283. The molecule has 1 aliphatic rings. The number of rotatable bonds is 15. The first-order valence-electron chi connectivity index (χ1n) is 17.6. The molecule has 1 aromatic carbocycles. The fourth-order valence-electron chi connectivity index (χ4n) is 6.83. The molecule has 0 bridgehead atoms. The Morgan fingerprint density at radius 2 is 1.55 bits per heavy atom. The van der Waals surface area contributed by atoms with Crippen molar-refractivity contribution in [3.05, 3.63) is 35.9 Å². The Morgan fingerprint density at radius 3 is 2.02 bits per heavy atom. The fourth-order valence-corrected chi connectivity index (χ4v) is 7.89. The van der Waals surface area contributed by atoms with Crippen molar-refractivity contribution < 1.29 is 32.3 Å². The number of hydrogen-bond donors (Lipinski definition) is 3. The topological polar surface area (TPSA) is 171 Å². The smallest absolute Gasteiger partial charge is 0.264 e. The number of amides is 4. The lowest BCUT2D eigenvalue weighted by Gasteiger charge is -2.39. The van der Waals surface area contributed by atoms with Gasteiger partial charge < -0.3 is 25.6 Å². The molecule has 0 spiro atoms. The number of likely N-dealkylation sites (tertiary alicyclic amines) is 1. The summed E-state index contributed by atoms with van der Waals surface area (Å²) in [6.07, 6.45) is 2.23. The highest BCUT2D eigenvalue weighted by molar-refractivity contribution is 7.90. The SMILES string of the molecule is CO[C@H]([C@@H](C)C(=O)NS(=O)(=O)c1ccc(N)cc1)[C@@H]1CCCN1C(=O)/C(C)=C/[C@H](C(C)C)N(C)C(=O)C(NC(=O)[C@H](C(C)C)N(C)C)C(C)(C)C. The average Bonchev–Trinajstić information content (AvgIpc) is 3.50. The zero-order valence-corrected chi connectivity index (χ0v) is 33.6. The third-order valence-corrected chi connectivity index (χ3v) is 11.0. The van der Waals surface area contributed by atoms with Crippen LogP contribution in [0.3, 0.4) is 0 Å². The molecular formula is C37H62N6O7S. The van der Waals surface area contributed by atoms with Gasteiger partial charge in [-0.15, -0.1) is 0 Å². The summed E-state index contributed by atoms with van der Waals surface area (Å²) in [6.45, 7) is 17.3. The van der Waals surface area contributed by atoms with Crippen LogP contribution in [0.4, 0.5) is 5.69 Å². The first kappa shape index (κ1) is 43.7. The van der Waals surface area contributed by atoms with Gasteiger partial charge in [0.1, 0.15) is 6.04 Å². The number of carbonyl (C=O) groups is 4. The van der Waals surface area contributed by atoms with Crippen LogP contribution in [0.2, 0.25) is 0 Å². The van der Waals surface area contributed by atoms with Crippen LogP contribution < -0.4 is 15.8 Å². The number of nitrogens with two attached hydrogens (primary N) is 1. The summed E-state index contributed by atoms with van der Waals surface area (Å²) < 4.78 is 33.7. The van der Waals surface area contributed by atoms with Crippen molar-refractivity contribution in [2.24, 2.45) is 23.2 Å². The highest BCUT2D eigenvalue weighted by Crippen LogP contribution is 2.29. The van der Waals surface area contributed by atoms with Crippen molar-refractivity contribution >= 4 is 39.3 Å². The zero-order chi connectivity index (χ0) is 39.2. The number of anilines is 1. The van der Waals surface area contributed by atoms with E-state index in [2.05, 4.69) is 10.0 Å². The third-order valence-electron chi connectivity index (χ3n) is 9.64. The molecule has 51 heavy (non-hydrogen) atoms. The number of methoxy groups -OCH3 is 1. The van der Waals surface area contributed by atoms with E-state index in [1.54, 1.807) is 36.8 Å². The monoisotopic (exact) mass is 734 g/mol. The van der Waals surface area contributed by atoms with Gasteiger partial charge in [0.15, 0.2) is 0 Å². The number of ether oxygens (including phenoxy) is 1. The summed E-state index contributed by atoms with van der Waals surface area (Å²) >= 11 is 0. The van der Waals surface area contributed by atoms with E-state index < -0.39 is 57.5 Å². The molecule has 1 aliphatic heterocycles. The van der Waals surface area contributed by atoms with Gasteiger partial charge in [0.25, 0.3) is 10.0 Å². The molecule has 1 aromatic rings. The van der Waals surface area contributed by atoms with Gasteiger partial charge in [-0.1, -0.05) is 61.5 Å². The number of nitrogens with one attached hydrogen (secondary N) is 2. The Hall–Kier alpha value is -3.49. The Balaban J connectivity index is 2.32. The molecule has 4 N–H and O–H groups in total. The summed E-state index contributed by atoms with van der Waals surface area (Å²) in [5.41, 5.74) is 5.89. The number of nitrogens with zero attached hydrogens (tertiary/aromatic N) is 3. The van der Waals surface area contributed by atoms with Gasteiger partial charge in [0, 0.05) is 32.0 Å². The molecule has 14 heteroatoms. The van der Waals surface area contributed by atoms with E-state index in [0.29, 0.717) is 30.6 Å². The zero-order valence-electron chi connectivity index (χ0n) is 32.8. The average molecular weight is 735 g/mol. The molecule has 0 saturated carbocycles. The third kappa shape index (κ3) is 11.0. The van der Waals surface area contributed by atoms with Crippen molar-refractivity contribution in [2.45, 2.75) is 110 Å². The normalized spacial score (nSPS) is 18.7. The Morgan fingerprint density at radius 1 is 0.980 bits per heavy atom. The molecule has 4 amide bonds. The molecule has 1 unspecified atom stereocenters. The second-order valence-electron chi connectivity index (χ2n) is 15.7. The quantitative estimate of drug-likeness (QED) is 0.181. The maximum absolute atomic E-state index is 14.1. The summed E-state index contributed by atoms with van der Waals surface area (Å²) in [7, 11) is 2.65. The van der Waals surface area contributed by atoms with Crippen LogP contribution in [0, 0.1) is 23.2 Å². The van der Waals surface area contributed by atoms with Crippen LogP contribution in [0.1, 0.15) is 75.2 Å². The molecular weight excluding hydrogens is 673 g/mol. The molecule has 6 atom stereocenters. The van der Waals surface area contributed by atoms with E-state index >= 15 is 0 Å². The maximum Gasteiger partial charge on any atom is 0.264 e. The Kier molecular flexibility index (Phi) is 15.3. The van der Waals surface area contributed by atoms with Crippen LogP contribution in [0.25, 0.3) is 0 Å². The number of carbonyl (C=O) groups excluding carboxylic acids is 4. The molecule has 0 radical (unpaired) electrons. The van der Waals surface area contributed by atoms with Crippen LogP contribution >= 0.6 is 0 Å². The number of sulfonamides is 1. The van der Waals surface area contributed by atoms with Crippen molar-refractivity contribution in [2.75, 3.05) is 40.5 Å². The van der Waals surface area contributed by atoms with Crippen molar-refractivity contribution in [3.63, 3.8) is 0 Å². The second kappa shape index (κ2) is 17.8. The van der Waals surface area contributed by atoms with Crippen molar-refractivity contribution in [3.8, 4) is 0 Å². The van der Waals surface area contributed by atoms with Gasteiger partial charge >= 0.3 is 0 Å². The van der Waals surface area contributed by atoms with Gasteiger partial charge in [0.2, 0.25) is 23.6 Å². The van der Waals surface area contributed by atoms with Gasteiger partial charge in [-0.25, -0.2) is 13.1 Å². The first-order valence-corrected chi connectivity index (χ1v) is 19.1. The Labute approximate surface area is 305 Å². The molecule has 1 fully saturated rings. The lowest BCUT2D eigenvalue weighted by atomic mass is 9.84. The number of hydrogen-bond acceptors (Lipinski definition) is 9. The standard InChI is InChI=1S/C37H62N6O7S/c1-22(2)29(42(12)36(47)32(37(7,8)9)39-34(45)30(23(3)4)41(10)11)21-24(5)35(46)43-20-14-15-28(43)31(50-13)25(6)33(44)40-51(48,49)27-18-16-26(38)17-19-27/h16-19,21-23,25,28-32H,14-15,20,38H2,1-13H3,(H,39,45)(H,40,44)/b24-21+/t25-,28+,29-,30+,31-,32?/m1/s1. The van der Waals surface area contributed by atoms with Crippen LogP contribution in [-0.4, -0.2) is 112 Å². The molecule has 2 rings (SSSR count). The van der Waals surface area contributed by atoms with E-state index in [0.717, 1.165) is 0 Å². The van der Waals surface area contributed by atoms with Crippen LogP contribution in [0.5, 0.6) is 0 Å². The predicted molar refractivity (Wildman–Crippen MR) is 200 cm³/mol. The minimum atomic E-state index is -4.16. The summed E-state index contributed by atoms with van der Waals surface area (Å²) in [4.78, 5) is 59.8. The van der Waals surface area contributed by atoms with Crippen molar-refractivity contribution in [1.82, 2.24) is 24.7 Å². The molecule has 1 saturated heterocycles. The van der Waals surface area contributed by atoms with Crippen molar-refractivity contribution in [1.29, 1.82) is 0 Å². The van der Waals surface area contributed by atoms with E-state index in [-0.39, 0.29) is 34.5 Å². The molecule has 13 nitrogen and oxygen atoms in total. The van der Waals surface area contributed by atoms with E-state index in [1.165, 1.54) is 31.4 Å². The molecule has 288 valence electrons. The number of benzene rings is 1. The van der Waals surface area contributed by atoms with Crippen LogP contribution in [-0.2, 0) is 33.9 Å². The summed E-state index contributed by atoms with van der Waals surface area (Å²) in [6, 6.07) is 3.31. The lowest BCUT2D eigenvalue weighted by molar-refractivity contribution is -0.141. The molecule has 1 heterocycles. The molecule has 0 aliphatic carbocycles. The van der Waals surface area contributed by atoms with Gasteiger partial charge in [-0.2, -0.15) is 0 Å². The highest BCUT2D eigenvalue weighted by atomic mass is 32.2. The summed E-state index contributed by atoms with van der Waals surface area (Å²) in [5, 5.41) is 3.03. The number of nitrogen functional groups attached to an aromatic ring is 1. The van der Waals surface area contributed by atoms with E-state index in [9.17, 15) is 27.6 Å². The summed E-state index contributed by atoms with van der Waals surface area (Å²) in [5.74, 6) is -2.47. The Bertz CT molecular complexity index is 1510. The number of likely N-dealkylation sites (N-methyl/N-ethyl adjacent to an activating group) is 2. The van der Waals surface area contributed by atoms with Gasteiger partial charge in [-0.05, 0) is 75.4 Å². The van der Waals surface area contributed by atoms with Gasteiger partial charge in [-0.3, -0.25) is 24.1 Å². The van der Waals surface area contributed by atoms with Crippen LogP contribution in [0.15, 0.2) is 40.8 Å².